The molecule has 0 unspecified atom stereocenters. The highest BCUT2D eigenvalue weighted by molar-refractivity contribution is 7.89. The predicted molar refractivity (Wildman–Crippen MR) is 113 cm³/mol. The zero-order chi connectivity index (χ0) is 20.6. The van der Waals surface area contributed by atoms with Crippen LogP contribution in [-0.4, -0.2) is 58.9 Å². The number of fused-ring (bicyclic) bond motifs is 1. The largest absolute Gasteiger partial charge is 0.352 e. The minimum absolute atomic E-state index is 0.417. The van der Waals surface area contributed by atoms with Crippen molar-refractivity contribution in [2.75, 3.05) is 31.1 Å². The molecule has 30 heavy (non-hydrogen) atoms. The minimum atomic E-state index is -3.48. The Kier molecular flexibility index (Phi) is 5.00. The van der Waals surface area contributed by atoms with Crippen LogP contribution in [0.1, 0.15) is 24.0 Å². The van der Waals surface area contributed by atoms with Crippen molar-refractivity contribution < 1.29 is 8.42 Å². The summed E-state index contributed by atoms with van der Waals surface area (Å²) in [6.45, 7) is 2.03. The van der Waals surface area contributed by atoms with E-state index in [0.29, 0.717) is 36.9 Å². The van der Waals surface area contributed by atoms with Crippen molar-refractivity contribution in [3.8, 4) is 5.82 Å². The number of benzene rings is 1. The maximum Gasteiger partial charge on any atom is 0.243 e. The minimum Gasteiger partial charge on any atom is -0.352 e. The van der Waals surface area contributed by atoms with E-state index in [4.69, 9.17) is 0 Å². The molecule has 156 valence electrons. The summed E-state index contributed by atoms with van der Waals surface area (Å²) in [5.41, 5.74) is 2.48. The Morgan fingerprint density at radius 3 is 2.27 bits per heavy atom. The molecule has 8 nitrogen and oxygen atoms in total. The predicted octanol–water partition coefficient (Wildman–Crippen LogP) is 2.05. The second kappa shape index (κ2) is 7.81. The normalized spacial score (nSPS) is 17.7. The van der Waals surface area contributed by atoms with Crippen molar-refractivity contribution in [1.82, 2.24) is 24.3 Å². The maximum atomic E-state index is 13.2. The highest BCUT2D eigenvalue weighted by Gasteiger charge is 2.29. The number of nitrogens with zero attached hydrogens (tertiary/aromatic N) is 6. The molecular weight excluding hydrogens is 400 g/mol. The van der Waals surface area contributed by atoms with E-state index in [1.807, 2.05) is 36.5 Å². The van der Waals surface area contributed by atoms with Gasteiger partial charge in [0.25, 0.3) is 0 Å². The fourth-order valence-corrected chi connectivity index (χ4v) is 5.66. The Labute approximate surface area is 176 Å². The fourth-order valence-electron chi connectivity index (χ4n) is 4.19. The van der Waals surface area contributed by atoms with Crippen LogP contribution in [0, 0.1) is 0 Å². The van der Waals surface area contributed by atoms with Crippen molar-refractivity contribution in [3.05, 3.63) is 59.9 Å². The molecule has 2 aromatic heterocycles. The third-order valence-electron chi connectivity index (χ3n) is 5.90. The van der Waals surface area contributed by atoms with Crippen molar-refractivity contribution in [2.24, 2.45) is 0 Å². The Balaban J connectivity index is 1.27. The van der Waals surface area contributed by atoms with Crippen molar-refractivity contribution in [2.45, 2.75) is 30.6 Å². The molecule has 1 aliphatic carbocycles. The molecule has 1 aromatic carbocycles. The van der Waals surface area contributed by atoms with E-state index < -0.39 is 10.0 Å². The Morgan fingerprint density at radius 2 is 1.57 bits per heavy atom. The number of hydrogen-bond donors (Lipinski definition) is 0. The van der Waals surface area contributed by atoms with Crippen LogP contribution in [0.2, 0.25) is 0 Å². The number of aryl methyl sites for hydroxylation is 2. The van der Waals surface area contributed by atoms with Crippen LogP contribution in [0.3, 0.4) is 0 Å². The first-order valence-electron chi connectivity index (χ1n) is 10.3. The number of sulfonamides is 1. The molecular formula is C21H24N6O2S. The molecule has 0 amide bonds. The molecule has 5 rings (SSSR count). The Bertz CT molecular complexity index is 1120. The van der Waals surface area contributed by atoms with E-state index in [1.165, 1.54) is 17.5 Å². The standard InChI is InChI=1S/C21H24N6O2S/c28-30(29,19-7-6-17-4-1-2-5-18(17)16-19)26-14-12-25(13-15-26)20-8-9-21(24-23-20)27-11-3-10-22-27/h3,6-11,16H,1-2,4-5,12-15H2. The Hall–Kier alpha value is -2.78. The number of aromatic nitrogens is 4. The fraction of sp³-hybridized carbons (Fsp3) is 0.381. The van der Waals surface area contributed by atoms with Crippen LogP contribution in [0.5, 0.6) is 0 Å². The molecule has 0 N–H and O–H groups in total. The third-order valence-corrected chi connectivity index (χ3v) is 7.79. The average molecular weight is 425 g/mol. The van der Waals surface area contributed by atoms with Gasteiger partial charge in [0.05, 0.1) is 4.90 Å². The van der Waals surface area contributed by atoms with Gasteiger partial charge in [0.2, 0.25) is 10.0 Å². The molecule has 1 fully saturated rings. The van der Waals surface area contributed by atoms with E-state index in [9.17, 15) is 8.42 Å². The van der Waals surface area contributed by atoms with E-state index in [-0.39, 0.29) is 0 Å². The number of piperazine rings is 1. The zero-order valence-corrected chi connectivity index (χ0v) is 17.5. The van der Waals surface area contributed by atoms with Crippen LogP contribution >= 0.6 is 0 Å². The lowest BCUT2D eigenvalue weighted by Crippen LogP contribution is -2.49. The molecule has 2 aliphatic rings. The molecule has 0 saturated carbocycles. The third kappa shape index (κ3) is 3.59. The van der Waals surface area contributed by atoms with Gasteiger partial charge in [0.15, 0.2) is 11.6 Å². The van der Waals surface area contributed by atoms with Gasteiger partial charge in [0, 0.05) is 38.6 Å². The van der Waals surface area contributed by atoms with Gasteiger partial charge >= 0.3 is 0 Å². The van der Waals surface area contributed by atoms with E-state index >= 15 is 0 Å². The first-order chi connectivity index (χ1) is 14.6. The van der Waals surface area contributed by atoms with Crippen LogP contribution in [0.25, 0.3) is 5.82 Å². The molecule has 1 aliphatic heterocycles. The van der Waals surface area contributed by atoms with Crippen LogP contribution in [0.15, 0.2) is 53.7 Å². The number of hydrogen-bond acceptors (Lipinski definition) is 6. The SMILES string of the molecule is O=S(=O)(c1ccc2c(c1)CCCC2)N1CCN(c2ccc(-n3cccn3)nn2)CC1. The molecule has 3 heterocycles. The molecule has 3 aromatic rings. The molecule has 0 spiro atoms. The summed E-state index contributed by atoms with van der Waals surface area (Å²) in [7, 11) is -3.48. The lowest BCUT2D eigenvalue weighted by molar-refractivity contribution is 0.383. The number of anilines is 1. The van der Waals surface area contributed by atoms with Gasteiger partial charge in [-0.05, 0) is 67.1 Å². The Morgan fingerprint density at radius 1 is 0.833 bits per heavy atom. The van der Waals surface area contributed by atoms with E-state index in [2.05, 4.69) is 20.2 Å². The van der Waals surface area contributed by atoms with E-state index in [0.717, 1.165) is 25.1 Å². The van der Waals surface area contributed by atoms with Crippen LogP contribution < -0.4 is 4.90 Å². The smallest absolute Gasteiger partial charge is 0.243 e. The maximum absolute atomic E-state index is 13.2. The molecule has 0 bridgehead atoms. The number of rotatable bonds is 4. The first-order valence-corrected chi connectivity index (χ1v) is 11.8. The van der Waals surface area contributed by atoms with Crippen molar-refractivity contribution >= 4 is 15.8 Å². The van der Waals surface area contributed by atoms with Gasteiger partial charge in [0.1, 0.15) is 0 Å². The first kappa shape index (κ1) is 19.2. The van der Waals surface area contributed by atoms with Crippen LogP contribution in [0.4, 0.5) is 5.82 Å². The van der Waals surface area contributed by atoms with Gasteiger partial charge < -0.3 is 4.90 Å². The topological polar surface area (TPSA) is 84.2 Å². The van der Waals surface area contributed by atoms with Gasteiger partial charge in [-0.15, -0.1) is 10.2 Å². The summed E-state index contributed by atoms with van der Waals surface area (Å²) in [6, 6.07) is 11.2. The summed E-state index contributed by atoms with van der Waals surface area (Å²) in [4.78, 5) is 2.48. The highest BCUT2D eigenvalue weighted by atomic mass is 32.2. The quantitative estimate of drug-likeness (QED) is 0.637. The summed E-state index contributed by atoms with van der Waals surface area (Å²) < 4.78 is 29.6. The average Bonchev–Trinajstić information content (AvgIpc) is 3.34. The lowest BCUT2D eigenvalue weighted by Gasteiger charge is -2.34. The second-order valence-electron chi connectivity index (χ2n) is 7.73. The second-order valence-corrected chi connectivity index (χ2v) is 9.67. The van der Waals surface area contributed by atoms with Gasteiger partial charge in [-0.3, -0.25) is 0 Å². The lowest BCUT2D eigenvalue weighted by atomic mass is 9.92. The van der Waals surface area contributed by atoms with Gasteiger partial charge in [-0.2, -0.15) is 9.40 Å². The summed E-state index contributed by atoms with van der Waals surface area (Å²) in [5.74, 6) is 1.40. The molecule has 9 heteroatoms. The van der Waals surface area contributed by atoms with Crippen molar-refractivity contribution in [1.29, 1.82) is 0 Å². The molecule has 1 saturated heterocycles. The van der Waals surface area contributed by atoms with E-state index in [1.54, 1.807) is 21.3 Å². The van der Waals surface area contributed by atoms with Gasteiger partial charge in [-0.25, -0.2) is 13.1 Å². The molecule has 0 radical (unpaired) electrons. The summed E-state index contributed by atoms with van der Waals surface area (Å²) >= 11 is 0. The summed E-state index contributed by atoms with van der Waals surface area (Å²) in [6.07, 6.45) is 7.85. The zero-order valence-electron chi connectivity index (χ0n) is 16.7. The van der Waals surface area contributed by atoms with Crippen LogP contribution in [-0.2, 0) is 22.9 Å². The molecule has 0 atom stereocenters. The monoisotopic (exact) mass is 424 g/mol. The van der Waals surface area contributed by atoms with Crippen molar-refractivity contribution in [3.63, 3.8) is 0 Å². The summed E-state index contributed by atoms with van der Waals surface area (Å²) in [5, 5.41) is 12.7. The van der Waals surface area contributed by atoms with Gasteiger partial charge in [-0.1, -0.05) is 6.07 Å². The highest BCUT2D eigenvalue weighted by Crippen LogP contribution is 2.26.